The molecular weight excluding hydrogens is 453 g/mol. The predicted molar refractivity (Wildman–Crippen MR) is 124 cm³/mol. The zero-order valence-electron chi connectivity index (χ0n) is 16.8. The van der Waals surface area contributed by atoms with Crippen molar-refractivity contribution in [1.82, 2.24) is 15.5 Å². The van der Waals surface area contributed by atoms with Crippen LogP contribution in [0.15, 0.2) is 35.3 Å². The van der Waals surface area contributed by atoms with Crippen molar-refractivity contribution in [1.29, 1.82) is 0 Å². The van der Waals surface area contributed by atoms with E-state index in [1.165, 1.54) is 5.69 Å². The lowest BCUT2D eigenvalue weighted by molar-refractivity contribution is -0.127. The number of carbonyl (C=O) groups excluding carboxylic acids is 1. The molecule has 7 heteroatoms. The summed E-state index contributed by atoms with van der Waals surface area (Å²) in [5.41, 5.74) is 1.20. The molecule has 1 unspecified atom stereocenters. The lowest BCUT2D eigenvalue weighted by Gasteiger charge is -2.26. The number of rotatable bonds is 9. The molecule has 152 valence electrons. The third-order valence-electron chi connectivity index (χ3n) is 4.75. The van der Waals surface area contributed by atoms with Gasteiger partial charge in [-0.25, -0.2) is 0 Å². The molecule has 1 aromatic carbocycles. The average Bonchev–Trinajstić information content (AvgIpc) is 3.07. The molecule has 6 nitrogen and oxygen atoms in total. The molecule has 0 saturated carbocycles. The van der Waals surface area contributed by atoms with E-state index in [-0.39, 0.29) is 24.0 Å². The molecule has 1 fully saturated rings. The lowest BCUT2D eigenvalue weighted by atomic mass is 10.2. The molecular formula is C20H34IN5O. The molecule has 1 atom stereocenters. The van der Waals surface area contributed by atoms with Crippen LogP contribution in [0.2, 0.25) is 0 Å². The zero-order chi connectivity index (χ0) is 18.8. The average molecular weight is 487 g/mol. The Labute approximate surface area is 180 Å². The van der Waals surface area contributed by atoms with Gasteiger partial charge in [-0.15, -0.1) is 24.0 Å². The van der Waals surface area contributed by atoms with Crippen molar-refractivity contribution in [3.8, 4) is 0 Å². The molecule has 0 aliphatic carbocycles. The number of carbonyl (C=O) groups is 1. The van der Waals surface area contributed by atoms with Crippen LogP contribution in [0.3, 0.4) is 0 Å². The minimum atomic E-state index is 0. The van der Waals surface area contributed by atoms with Crippen LogP contribution < -0.4 is 15.5 Å². The zero-order valence-corrected chi connectivity index (χ0v) is 19.1. The molecule has 2 N–H and O–H groups in total. The van der Waals surface area contributed by atoms with Gasteiger partial charge in [0.05, 0.1) is 6.54 Å². The lowest BCUT2D eigenvalue weighted by Crippen LogP contribution is -2.40. The number of hydrogen-bond donors (Lipinski definition) is 2. The second-order valence-corrected chi connectivity index (χ2v) is 6.78. The van der Waals surface area contributed by atoms with Gasteiger partial charge in [0.1, 0.15) is 0 Å². The topological polar surface area (TPSA) is 60.0 Å². The monoisotopic (exact) mass is 487 g/mol. The van der Waals surface area contributed by atoms with E-state index in [9.17, 15) is 4.79 Å². The van der Waals surface area contributed by atoms with Crippen molar-refractivity contribution in [2.75, 3.05) is 44.7 Å². The van der Waals surface area contributed by atoms with Gasteiger partial charge in [-0.1, -0.05) is 18.2 Å². The van der Waals surface area contributed by atoms with Crippen molar-refractivity contribution >= 4 is 41.5 Å². The highest BCUT2D eigenvalue weighted by Gasteiger charge is 2.19. The van der Waals surface area contributed by atoms with Gasteiger partial charge in [-0.2, -0.15) is 0 Å². The maximum absolute atomic E-state index is 11.6. The normalized spacial score (nSPS) is 15.3. The first-order valence-electron chi connectivity index (χ1n) is 9.69. The van der Waals surface area contributed by atoms with Gasteiger partial charge in [0.15, 0.2) is 5.96 Å². The molecule has 0 aromatic heterocycles. The third kappa shape index (κ3) is 7.94. The molecule has 1 saturated heterocycles. The van der Waals surface area contributed by atoms with Gasteiger partial charge < -0.3 is 20.4 Å². The molecule has 0 spiro atoms. The summed E-state index contributed by atoms with van der Waals surface area (Å²) in [6.45, 7) is 8.36. The number of hydrogen-bond acceptors (Lipinski definition) is 3. The Kier molecular flexibility index (Phi) is 11.2. The van der Waals surface area contributed by atoms with E-state index in [0.717, 1.165) is 45.0 Å². The molecule has 27 heavy (non-hydrogen) atoms. The van der Waals surface area contributed by atoms with E-state index in [0.29, 0.717) is 24.9 Å². The third-order valence-corrected chi connectivity index (χ3v) is 4.75. The van der Waals surface area contributed by atoms with Crippen LogP contribution in [0.4, 0.5) is 5.69 Å². The summed E-state index contributed by atoms with van der Waals surface area (Å²) in [6.07, 6.45) is 2.66. The first-order chi connectivity index (χ1) is 12.6. The Hall–Kier alpha value is -1.51. The number of benzene rings is 1. The van der Waals surface area contributed by atoms with Gasteiger partial charge in [-0.05, 0) is 38.8 Å². The molecule has 1 amide bonds. The van der Waals surface area contributed by atoms with E-state index in [1.54, 1.807) is 0 Å². The van der Waals surface area contributed by atoms with E-state index in [2.05, 4.69) is 60.7 Å². The van der Waals surface area contributed by atoms with Crippen molar-refractivity contribution in [2.45, 2.75) is 39.2 Å². The summed E-state index contributed by atoms with van der Waals surface area (Å²) in [4.78, 5) is 20.5. The van der Waals surface area contributed by atoms with Gasteiger partial charge in [0.25, 0.3) is 0 Å². The summed E-state index contributed by atoms with van der Waals surface area (Å²) in [5, 5.41) is 6.67. The smallest absolute Gasteiger partial charge is 0.222 e. The highest BCUT2D eigenvalue weighted by molar-refractivity contribution is 14.0. The van der Waals surface area contributed by atoms with E-state index >= 15 is 0 Å². The molecule has 0 bridgehead atoms. The summed E-state index contributed by atoms with van der Waals surface area (Å²) in [6, 6.07) is 10.7. The minimum Gasteiger partial charge on any atom is -0.370 e. The Morgan fingerprint density at radius 1 is 1.30 bits per heavy atom. The second kappa shape index (κ2) is 12.8. The molecule has 1 aliphatic heterocycles. The summed E-state index contributed by atoms with van der Waals surface area (Å²) in [5.74, 6) is 1.14. The van der Waals surface area contributed by atoms with E-state index < -0.39 is 0 Å². The van der Waals surface area contributed by atoms with Crippen LogP contribution in [0.25, 0.3) is 0 Å². The van der Waals surface area contributed by atoms with Crippen LogP contribution >= 0.6 is 24.0 Å². The maximum Gasteiger partial charge on any atom is 0.222 e. The standard InChI is InChI=1S/C20H33N5O.HI/c1-4-21-20(22-13-9-15-25-14-8-12-19(25)26)23-16-17(2)24(3)18-10-6-5-7-11-18;/h5-7,10-11,17H,4,8-9,12-16H2,1-3H3,(H2,21,22,23);1H. The molecule has 0 radical (unpaired) electrons. The maximum atomic E-state index is 11.6. The molecule has 2 rings (SSSR count). The van der Waals surface area contributed by atoms with Gasteiger partial charge >= 0.3 is 0 Å². The number of guanidine groups is 1. The number of nitrogens with one attached hydrogen (secondary N) is 2. The Balaban J connectivity index is 0.00000364. The summed E-state index contributed by atoms with van der Waals surface area (Å²) in [7, 11) is 2.10. The van der Waals surface area contributed by atoms with Crippen LogP contribution in [0, 0.1) is 0 Å². The van der Waals surface area contributed by atoms with Crippen LogP contribution in [-0.4, -0.2) is 62.6 Å². The predicted octanol–water partition coefficient (Wildman–Crippen LogP) is 2.70. The Morgan fingerprint density at radius 2 is 2.04 bits per heavy atom. The van der Waals surface area contributed by atoms with Gasteiger partial charge in [0.2, 0.25) is 5.91 Å². The number of nitrogens with zero attached hydrogens (tertiary/aromatic N) is 3. The minimum absolute atomic E-state index is 0. The van der Waals surface area contributed by atoms with Crippen molar-refractivity contribution < 1.29 is 4.79 Å². The fourth-order valence-electron chi connectivity index (χ4n) is 3.02. The summed E-state index contributed by atoms with van der Waals surface area (Å²) < 4.78 is 0. The molecule has 1 aliphatic rings. The number of amides is 1. The van der Waals surface area contributed by atoms with Crippen LogP contribution in [-0.2, 0) is 4.79 Å². The van der Waals surface area contributed by atoms with Crippen molar-refractivity contribution in [3.63, 3.8) is 0 Å². The highest BCUT2D eigenvalue weighted by atomic mass is 127. The fraction of sp³-hybridized carbons (Fsp3) is 0.600. The number of halogens is 1. The Bertz CT molecular complexity index is 581. The largest absolute Gasteiger partial charge is 0.370 e. The number of likely N-dealkylation sites (tertiary alicyclic amines) is 1. The number of para-hydroxylation sites is 1. The highest BCUT2D eigenvalue weighted by Crippen LogP contribution is 2.14. The molecule has 1 aromatic rings. The number of anilines is 1. The SMILES string of the molecule is CCNC(=NCC(C)N(C)c1ccccc1)NCCCN1CCCC1=O.I. The first kappa shape index (κ1) is 23.5. The van der Waals surface area contributed by atoms with E-state index in [1.807, 2.05) is 11.0 Å². The number of likely N-dealkylation sites (N-methyl/N-ethyl adjacent to an activating group) is 1. The van der Waals surface area contributed by atoms with E-state index in [4.69, 9.17) is 4.99 Å². The molecule has 1 heterocycles. The van der Waals surface area contributed by atoms with Gasteiger partial charge in [0, 0.05) is 51.4 Å². The summed E-state index contributed by atoms with van der Waals surface area (Å²) >= 11 is 0. The quantitative estimate of drug-likeness (QED) is 0.244. The first-order valence-corrected chi connectivity index (χ1v) is 9.69. The van der Waals surface area contributed by atoms with Crippen LogP contribution in [0.1, 0.15) is 33.1 Å². The van der Waals surface area contributed by atoms with Crippen molar-refractivity contribution in [3.05, 3.63) is 30.3 Å². The Morgan fingerprint density at radius 3 is 2.67 bits per heavy atom. The van der Waals surface area contributed by atoms with Gasteiger partial charge in [-0.3, -0.25) is 9.79 Å². The fourth-order valence-corrected chi connectivity index (χ4v) is 3.02. The van der Waals surface area contributed by atoms with Crippen LogP contribution in [0.5, 0.6) is 0 Å². The second-order valence-electron chi connectivity index (χ2n) is 6.78. The van der Waals surface area contributed by atoms with Crippen molar-refractivity contribution in [2.24, 2.45) is 4.99 Å². The number of aliphatic imine (C=N–C) groups is 1.